The summed E-state index contributed by atoms with van der Waals surface area (Å²) in [6.07, 6.45) is 0.224. The van der Waals surface area contributed by atoms with Gasteiger partial charge in [0.15, 0.2) is 0 Å². The number of hydrogen-bond acceptors (Lipinski definition) is 10. The van der Waals surface area contributed by atoms with Gasteiger partial charge in [-0.3, -0.25) is 29.4 Å². The summed E-state index contributed by atoms with van der Waals surface area (Å²) in [4.78, 5) is 50.1. The van der Waals surface area contributed by atoms with Gasteiger partial charge in [0.1, 0.15) is 6.04 Å². The van der Waals surface area contributed by atoms with Crippen molar-refractivity contribution in [2.45, 2.75) is 25.4 Å². The molecule has 0 saturated carbocycles. The predicted molar refractivity (Wildman–Crippen MR) is 127 cm³/mol. The number of carbonyl (C=O) groups excluding carboxylic acids is 4. The molecule has 12 nitrogen and oxygen atoms in total. The molecule has 1 aromatic carbocycles. The van der Waals surface area contributed by atoms with Crippen LogP contribution in [-0.2, 0) is 35.1 Å². The molecule has 0 aliphatic carbocycles. The van der Waals surface area contributed by atoms with Crippen molar-refractivity contribution in [1.29, 1.82) is 0 Å². The van der Waals surface area contributed by atoms with E-state index in [4.69, 9.17) is 24.7 Å². The molecule has 4 N–H and O–H groups in total. The molecule has 0 aromatic heterocycles. The average Bonchev–Trinajstić information content (AvgIpc) is 3.11. The number of nitrogens with zero attached hydrogens (tertiary/aromatic N) is 1. The molecule has 1 aromatic rings. The van der Waals surface area contributed by atoms with Crippen molar-refractivity contribution in [3.8, 4) is 0 Å². The summed E-state index contributed by atoms with van der Waals surface area (Å²) in [7, 11) is 0. The van der Waals surface area contributed by atoms with E-state index < -0.39 is 29.7 Å². The van der Waals surface area contributed by atoms with Gasteiger partial charge in [0.25, 0.3) is 11.8 Å². The maximum Gasteiger partial charge on any atom is 0.262 e. The summed E-state index contributed by atoms with van der Waals surface area (Å²) < 4.78 is 21.5. The first-order valence-electron chi connectivity index (χ1n) is 12.1. The summed E-state index contributed by atoms with van der Waals surface area (Å²) >= 11 is 0. The van der Waals surface area contributed by atoms with Gasteiger partial charge >= 0.3 is 0 Å². The van der Waals surface area contributed by atoms with Crippen LogP contribution in [0.1, 0.15) is 39.1 Å². The fourth-order valence-electron chi connectivity index (χ4n) is 3.85. The Balaban J connectivity index is 1.28. The Hall–Kier alpha value is -2.74. The number of fused-ring (bicyclic) bond motifs is 1. The quantitative estimate of drug-likeness (QED) is 0.180. The summed E-state index contributed by atoms with van der Waals surface area (Å²) in [5.41, 5.74) is 6.68. The molecule has 1 unspecified atom stereocenters. The first kappa shape index (κ1) is 27.8. The van der Waals surface area contributed by atoms with Crippen LogP contribution in [0.4, 0.5) is 0 Å². The molecular formula is C24H34N4O8. The van der Waals surface area contributed by atoms with E-state index in [0.29, 0.717) is 72.5 Å². The van der Waals surface area contributed by atoms with Gasteiger partial charge in [-0.05, 0) is 24.1 Å². The van der Waals surface area contributed by atoms with Crippen molar-refractivity contribution in [3.05, 3.63) is 34.9 Å². The molecule has 0 radical (unpaired) electrons. The highest BCUT2D eigenvalue weighted by atomic mass is 16.6. The number of rotatable bonds is 17. The van der Waals surface area contributed by atoms with Gasteiger partial charge < -0.3 is 30.0 Å². The lowest BCUT2D eigenvalue weighted by Gasteiger charge is -2.27. The van der Waals surface area contributed by atoms with E-state index in [0.717, 1.165) is 10.5 Å². The van der Waals surface area contributed by atoms with E-state index in [2.05, 4.69) is 10.6 Å². The highest BCUT2D eigenvalue weighted by molar-refractivity contribution is 6.23. The molecule has 2 aliphatic heterocycles. The molecule has 36 heavy (non-hydrogen) atoms. The van der Waals surface area contributed by atoms with E-state index in [1.165, 1.54) is 0 Å². The minimum Gasteiger partial charge on any atom is -0.378 e. The second-order valence-electron chi connectivity index (χ2n) is 8.24. The lowest BCUT2D eigenvalue weighted by molar-refractivity contribution is -0.136. The monoisotopic (exact) mass is 506 g/mol. The van der Waals surface area contributed by atoms with Crippen molar-refractivity contribution >= 4 is 23.6 Å². The first-order chi connectivity index (χ1) is 17.5. The van der Waals surface area contributed by atoms with Gasteiger partial charge in [-0.2, -0.15) is 0 Å². The van der Waals surface area contributed by atoms with Crippen LogP contribution in [0, 0.1) is 0 Å². The fraction of sp³-hybridized carbons (Fsp3) is 0.583. The number of hydrogen-bond donors (Lipinski definition) is 3. The fourth-order valence-corrected chi connectivity index (χ4v) is 3.85. The lowest BCUT2D eigenvalue weighted by Crippen LogP contribution is -2.54. The van der Waals surface area contributed by atoms with Crippen LogP contribution >= 0.6 is 0 Å². The first-order valence-corrected chi connectivity index (χ1v) is 12.1. The summed E-state index contributed by atoms with van der Waals surface area (Å²) in [5.74, 6) is -2.04. The minimum atomic E-state index is -0.966. The maximum absolute atomic E-state index is 12.9. The van der Waals surface area contributed by atoms with Crippen LogP contribution in [0.5, 0.6) is 0 Å². The molecular weight excluding hydrogens is 472 g/mol. The zero-order valence-corrected chi connectivity index (χ0v) is 20.3. The Bertz CT molecular complexity index is 925. The SMILES string of the molecule is NCCOCCOCCOCCOCCNCc1ccc2c(c1)C(=O)N(C1CCC(=O)NC1=O)C2=O. The second kappa shape index (κ2) is 14.7. The molecule has 2 heterocycles. The third-order valence-corrected chi connectivity index (χ3v) is 5.63. The standard InChI is InChI=1S/C24H34N4O8/c25-5-7-33-9-11-35-13-14-36-12-10-34-8-6-26-16-17-1-2-18-19(15-17)24(32)28(23(18)31)20-3-4-21(29)27-22(20)30/h1-2,15,20,26H,3-14,16,25H2,(H,27,29,30). The highest BCUT2D eigenvalue weighted by Crippen LogP contribution is 2.28. The Kier molecular flexibility index (Phi) is 11.4. The van der Waals surface area contributed by atoms with Crippen LogP contribution in [0.15, 0.2) is 18.2 Å². The van der Waals surface area contributed by atoms with Gasteiger partial charge in [-0.25, -0.2) is 0 Å². The summed E-state index contributed by atoms with van der Waals surface area (Å²) in [6.45, 7) is 5.55. The normalized spacial score (nSPS) is 17.6. The number of benzene rings is 1. The van der Waals surface area contributed by atoms with Crippen LogP contribution in [0.3, 0.4) is 0 Å². The molecule has 1 atom stereocenters. The highest BCUT2D eigenvalue weighted by Gasteiger charge is 2.44. The van der Waals surface area contributed by atoms with Crippen molar-refractivity contribution in [3.63, 3.8) is 0 Å². The number of carbonyl (C=O) groups is 4. The smallest absolute Gasteiger partial charge is 0.262 e. The Labute approximate surface area is 209 Å². The molecule has 0 spiro atoms. The van der Waals surface area contributed by atoms with E-state index in [1.807, 2.05) is 0 Å². The lowest BCUT2D eigenvalue weighted by atomic mass is 10.0. The molecule has 12 heteroatoms. The third kappa shape index (κ3) is 7.88. The topological polar surface area (TPSA) is 159 Å². The number of amides is 4. The Morgan fingerprint density at radius 1 is 0.861 bits per heavy atom. The zero-order valence-electron chi connectivity index (χ0n) is 20.3. The van der Waals surface area contributed by atoms with Gasteiger partial charge in [0.2, 0.25) is 11.8 Å². The number of imide groups is 2. The van der Waals surface area contributed by atoms with Crippen molar-refractivity contribution in [2.75, 3.05) is 65.9 Å². The van der Waals surface area contributed by atoms with Crippen LogP contribution in [0.2, 0.25) is 0 Å². The zero-order chi connectivity index (χ0) is 25.8. The number of nitrogens with two attached hydrogens (primary N) is 1. The number of piperidine rings is 1. The number of nitrogens with one attached hydrogen (secondary N) is 2. The van der Waals surface area contributed by atoms with Gasteiger partial charge in [-0.1, -0.05) is 6.07 Å². The van der Waals surface area contributed by atoms with E-state index in [1.54, 1.807) is 18.2 Å². The van der Waals surface area contributed by atoms with Gasteiger partial charge in [0, 0.05) is 26.1 Å². The number of ether oxygens (including phenoxy) is 4. The van der Waals surface area contributed by atoms with Crippen LogP contribution < -0.4 is 16.4 Å². The molecule has 0 bridgehead atoms. The Morgan fingerprint density at radius 3 is 2.11 bits per heavy atom. The van der Waals surface area contributed by atoms with Gasteiger partial charge in [0.05, 0.1) is 64.0 Å². The molecule has 1 fully saturated rings. The predicted octanol–water partition coefficient (Wildman–Crippen LogP) is -0.797. The Morgan fingerprint density at radius 2 is 1.47 bits per heavy atom. The molecule has 2 aliphatic rings. The third-order valence-electron chi connectivity index (χ3n) is 5.63. The van der Waals surface area contributed by atoms with E-state index >= 15 is 0 Å². The average molecular weight is 507 g/mol. The largest absolute Gasteiger partial charge is 0.378 e. The molecule has 1 saturated heterocycles. The maximum atomic E-state index is 12.9. The van der Waals surface area contributed by atoms with Crippen LogP contribution in [-0.4, -0.2) is 101 Å². The van der Waals surface area contributed by atoms with Crippen molar-refractivity contribution < 1.29 is 38.1 Å². The van der Waals surface area contributed by atoms with Crippen molar-refractivity contribution in [2.24, 2.45) is 5.73 Å². The van der Waals surface area contributed by atoms with Crippen LogP contribution in [0.25, 0.3) is 0 Å². The summed E-state index contributed by atoms with van der Waals surface area (Å²) in [5, 5.41) is 5.42. The van der Waals surface area contributed by atoms with E-state index in [-0.39, 0.29) is 24.0 Å². The van der Waals surface area contributed by atoms with Gasteiger partial charge in [-0.15, -0.1) is 0 Å². The molecule has 4 amide bonds. The van der Waals surface area contributed by atoms with Crippen molar-refractivity contribution in [1.82, 2.24) is 15.5 Å². The molecule has 198 valence electrons. The summed E-state index contributed by atoms with van der Waals surface area (Å²) in [6, 6.07) is 4.07. The minimum absolute atomic E-state index is 0.0907. The second-order valence-corrected chi connectivity index (χ2v) is 8.24. The van der Waals surface area contributed by atoms with E-state index in [9.17, 15) is 19.2 Å². The molecule has 3 rings (SSSR count).